The highest BCUT2D eigenvalue weighted by Gasteiger charge is 2.13. The molecule has 0 aliphatic rings. The third-order valence-corrected chi connectivity index (χ3v) is 9.63. The molecule has 48 heavy (non-hydrogen) atoms. The lowest BCUT2D eigenvalue weighted by Gasteiger charge is -2.07. The number of para-hydroxylation sites is 4. The zero-order chi connectivity index (χ0) is 31.6. The molecule has 8 aromatic carbocycles. The van der Waals surface area contributed by atoms with Gasteiger partial charge in [-0.25, -0.2) is 0 Å². The van der Waals surface area contributed by atoms with Crippen molar-refractivity contribution in [2.75, 3.05) is 0 Å². The lowest BCUT2D eigenvalue weighted by atomic mass is 9.97. The molecule has 0 unspecified atom stereocenters. The maximum absolute atomic E-state index is 6.31. The summed E-state index contributed by atoms with van der Waals surface area (Å²) in [7, 11) is 0. The summed E-state index contributed by atoms with van der Waals surface area (Å²) >= 11 is 0. The molecule has 10 aromatic rings. The average molecular weight is 613 g/mol. The molecule has 0 bridgehead atoms. The van der Waals surface area contributed by atoms with E-state index in [9.17, 15) is 0 Å². The normalized spacial score (nSPS) is 12.1. The minimum Gasteiger partial charge on any atom is -0.455 e. The molecule has 0 spiro atoms. The first-order valence-electron chi connectivity index (χ1n) is 16.3. The van der Waals surface area contributed by atoms with E-state index in [0.29, 0.717) is 0 Å². The maximum Gasteiger partial charge on any atom is 0.143 e. The summed E-state index contributed by atoms with van der Waals surface area (Å²) in [5.41, 5.74) is 10.6. The molecule has 0 N–H and O–H groups in total. The standard InChI is InChI=1S/C46H28O2/c1-3-13-43-39(7-1)41-11-5-9-37(45(41)47-43)35-23-21-31-25-29(17-19-33(31)27-35)15-16-30-18-20-34-28-36(24-22-32(34)26-30)38-10-6-12-42-40-8-2-4-14-44(40)48-46(38)42/h1-28H/b16-15+. The molecular formula is C46H28O2. The fraction of sp³-hybridized carbons (Fsp3) is 0. The second kappa shape index (κ2) is 10.6. The summed E-state index contributed by atoms with van der Waals surface area (Å²) in [6.07, 6.45) is 4.39. The van der Waals surface area contributed by atoms with Crippen LogP contribution in [0.5, 0.6) is 0 Å². The van der Waals surface area contributed by atoms with E-state index in [1.165, 1.54) is 32.7 Å². The minimum absolute atomic E-state index is 0.921. The Morgan fingerprint density at radius 3 is 1.25 bits per heavy atom. The lowest BCUT2D eigenvalue weighted by molar-refractivity contribution is 0.669. The van der Waals surface area contributed by atoms with Gasteiger partial charge in [-0.1, -0.05) is 133 Å². The molecule has 0 aliphatic carbocycles. The molecule has 0 saturated carbocycles. The summed E-state index contributed by atoms with van der Waals surface area (Å²) in [5, 5.41) is 9.44. The van der Waals surface area contributed by atoms with Gasteiger partial charge in [0.1, 0.15) is 22.3 Å². The molecule has 0 amide bonds. The van der Waals surface area contributed by atoms with Gasteiger partial charge >= 0.3 is 0 Å². The number of rotatable bonds is 4. The second-order valence-corrected chi connectivity index (χ2v) is 12.5. The first kappa shape index (κ1) is 26.8. The molecule has 2 aromatic heterocycles. The summed E-state index contributed by atoms with van der Waals surface area (Å²) in [6, 6.07) is 55.9. The van der Waals surface area contributed by atoms with Crippen molar-refractivity contribution in [3.8, 4) is 22.3 Å². The Morgan fingerprint density at radius 1 is 0.333 bits per heavy atom. The van der Waals surface area contributed by atoms with Crippen LogP contribution in [0.2, 0.25) is 0 Å². The van der Waals surface area contributed by atoms with Crippen molar-refractivity contribution in [3.05, 3.63) is 169 Å². The van der Waals surface area contributed by atoms with Gasteiger partial charge < -0.3 is 8.83 Å². The molecule has 2 nitrogen and oxygen atoms in total. The van der Waals surface area contributed by atoms with Crippen LogP contribution >= 0.6 is 0 Å². The molecule has 0 fully saturated rings. The Hall–Kier alpha value is -6.38. The highest BCUT2D eigenvalue weighted by molar-refractivity contribution is 6.11. The summed E-state index contributed by atoms with van der Waals surface area (Å²) in [5.74, 6) is 0. The highest BCUT2D eigenvalue weighted by atomic mass is 16.3. The highest BCUT2D eigenvalue weighted by Crippen LogP contribution is 2.38. The van der Waals surface area contributed by atoms with Crippen LogP contribution in [0, 0.1) is 0 Å². The van der Waals surface area contributed by atoms with E-state index < -0.39 is 0 Å². The van der Waals surface area contributed by atoms with E-state index in [4.69, 9.17) is 8.83 Å². The van der Waals surface area contributed by atoms with E-state index in [2.05, 4.69) is 146 Å². The lowest BCUT2D eigenvalue weighted by Crippen LogP contribution is -1.82. The van der Waals surface area contributed by atoms with E-state index >= 15 is 0 Å². The van der Waals surface area contributed by atoms with Crippen LogP contribution in [0.25, 0.3) is 99.8 Å². The number of furan rings is 2. The largest absolute Gasteiger partial charge is 0.455 e. The Labute approximate surface area is 276 Å². The Bertz CT molecular complexity index is 2700. The third kappa shape index (κ3) is 4.35. The fourth-order valence-corrected chi connectivity index (χ4v) is 7.21. The van der Waals surface area contributed by atoms with Crippen LogP contribution in [0.1, 0.15) is 11.1 Å². The Balaban J connectivity index is 0.937. The van der Waals surface area contributed by atoms with Gasteiger partial charge in [-0.3, -0.25) is 0 Å². The number of hydrogen-bond donors (Lipinski definition) is 0. The van der Waals surface area contributed by atoms with Crippen LogP contribution in [0.4, 0.5) is 0 Å². The first-order chi connectivity index (χ1) is 23.7. The second-order valence-electron chi connectivity index (χ2n) is 12.5. The zero-order valence-electron chi connectivity index (χ0n) is 26.0. The van der Waals surface area contributed by atoms with Crippen LogP contribution in [-0.2, 0) is 0 Å². The van der Waals surface area contributed by atoms with Gasteiger partial charge in [-0.15, -0.1) is 0 Å². The van der Waals surface area contributed by atoms with Gasteiger partial charge in [0, 0.05) is 32.7 Å². The molecule has 0 aliphatic heterocycles. The quantitative estimate of drug-likeness (QED) is 0.185. The minimum atomic E-state index is 0.921. The molecule has 224 valence electrons. The van der Waals surface area contributed by atoms with E-state index in [-0.39, 0.29) is 0 Å². The molecule has 2 heteroatoms. The van der Waals surface area contributed by atoms with Crippen molar-refractivity contribution >= 4 is 77.6 Å². The van der Waals surface area contributed by atoms with Gasteiger partial charge in [-0.2, -0.15) is 0 Å². The van der Waals surface area contributed by atoms with Gasteiger partial charge in [-0.05, 0) is 80.2 Å². The zero-order valence-corrected chi connectivity index (χ0v) is 26.0. The smallest absolute Gasteiger partial charge is 0.143 e. The predicted molar refractivity (Wildman–Crippen MR) is 202 cm³/mol. The fourth-order valence-electron chi connectivity index (χ4n) is 7.21. The SMILES string of the molecule is C(=C\c1ccc2cc(-c3cccc4c3oc3ccccc34)ccc2c1)/c1ccc2cc(-c3cccc4c3oc3ccccc34)ccc2c1. The van der Waals surface area contributed by atoms with Crippen molar-refractivity contribution < 1.29 is 8.83 Å². The van der Waals surface area contributed by atoms with Crippen LogP contribution < -0.4 is 0 Å². The van der Waals surface area contributed by atoms with Crippen molar-refractivity contribution in [3.63, 3.8) is 0 Å². The average Bonchev–Trinajstić information content (AvgIpc) is 3.72. The first-order valence-corrected chi connectivity index (χ1v) is 16.3. The number of benzene rings is 8. The van der Waals surface area contributed by atoms with E-state index in [1.54, 1.807) is 0 Å². The van der Waals surface area contributed by atoms with Crippen LogP contribution in [-0.4, -0.2) is 0 Å². The molecule has 2 heterocycles. The monoisotopic (exact) mass is 612 g/mol. The topological polar surface area (TPSA) is 26.3 Å². The van der Waals surface area contributed by atoms with E-state index in [1.807, 2.05) is 24.3 Å². The van der Waals surface area contributed by atoms with Crippen molar-refractivity contribution in [2.45, 2.75) is 0 Å². The van der Waals surface area contributed by atoms with Gasteiger partial charge in [0.15, 0.2) is 0 Å². The van der Waals surface area contributed by atoms with Crippen LogP contribution in [0.15, 0.2) is 167 Å². The third-order valence-electron chi connectivity index (χ3n) is 9.63. The van der Waals surface area contributed by atoms with Gasteiger partial charge in [0.25, 0.3) is 0 Å². The summed E-state index contributed by atoms with van der Waals surface area (Å²) in [6.45, 7) is 0. The van der Waals surface area contributed by atoms with Crippen LogP contribution in [0.3, 0.4) is 0 Å². The summed E-state index contributed by atoms with van der Waals surface area (Å²) in [4.78, 5) is 0. The van der Waals surface area contributed by atoms with Gasteiger partial charge in [0.05, 0.1) is 0 Å². The predicted octanol–water partition coefficient (Wildman–Crippen LogP) is 13.3. The number of hydrogen-bond acceptors (Lipinski definition) is 2. The van der Waals surface area contributed by atoms with Crippen molar-refractivity contribution in [2.24, 2.45) is 0 Å². The summed E-state index contributed by atoms with van der Waals surface area (Å²) < 4.78 is 12.6. The molecular weight excluding hydrogens is 585 g/mol. The molecule has 0 atom stereocenters. The Kier molecular flexibility index (Phi) is 5.91. The van der Waals surface area contributed by atoms with Gasteiger partial charge in [0.2, 0.25) is 0 Å². The molecule has 0 saturated heterocycles. The van der Waals surface area contributed by atoms with Crippen molar-refractivity contribution in [1.82, 2.24) is 0 Å². The molecule has 0 radical (unpaired) electrons. The number of fused-ring (bicyclic) bond motifs is 8. The molecule has 10 rings (SSSR count). The van der Waals surface area contributed by atoms with Crippen molar-refractivity contribution in [1.29, 1.82) is 0 Å². The van der Waals surface area contributed by atoms with E-state index in [0.717, 1.165) is 66.1 Å². The maximum atomic E-state index is 6.31. The Morgan fingerprint density at radius 2 is 0.750 bits per heavy atom.